The Morgan fingerprint density at radius 3 is 1.50 bits per heavy atom. The van der Waals surface area contributed by atoms with E-state index >= 15 is 0 Å². The predicted octanol–water partition coefficient (Wildman–Crippen LogP) is 19.4. The number of benzene rings is 9. The standard InChI is InChI=1S/C65H57N3O2/c1-38(2)42-21-29-46(30-22-42)67(58-19-12-18-53-51-16-10-15-48(40(5)6)62(51)69-64(53)58)56-35-27-44-26-34-55-57(36-28-45-25-33-54(56)60(44)61(45)55)68(47-31-23-43(24-32-47)39(3)4)59-20-11-17-52-50-14-9-8-13-49(41(7)37-66)63(50)70-65(52)59/h10-13,15-36,38-41H,8-9,14H2,1-7H3. The van der Waals surface area contributed by atoms with Crippen molar-refractivity contribution in [3.63, 3.8) is 0 Å². The zero-order chi connectivity index (χ0) is 47.9. The second-order valence-corrected chi connectivity index (χ2v) is 20.4. The number of aryl methyl sites for hydroxylation is 1. The van der Waals surface area contributed by atoms with Gasteiger partial charge in [0, 0.05) is 49.4 Å². The van der Waals surface area contributed by atoms with E-state index in [1.54, 1.807) is 0 Å². The lowest BCUT2D eigenvalue weighted by molar-refractivity contribution is 0.588. The largest absolute Gasteiger partial charge is 0.454 e. The lowest BCUT2D eigenvalue weighted by Gasteiger charge is -2.29. The van der Waals surface area contributed by atoms with E-state index in [1.807, 2.05) is 6.92 Å². The molecule has 1 unspecified atom stereocenters. The van der Waals surface area contributed by atoms with Crippen LogP contribution < -0.4 is 9.80 Å². The van der Waals surface area contributed by atoms with Crippen molar-refractivity contribution in [3.05, 3.63) is 186 Å². The first-order valence-corrected chi connectivity index (χ1v) is 25.2. The molecule has 11 aromatic rings. The molecule has 1 atom stereocenters. The number of hydrogen-bond acceptors (Lipinski definition) is 5. The SMILES string of the molecule is CC(C#N)C1=CCCCc2c1oc1c(N(c3ccc(C(C)C)cc3)c3ccc4ccc5c(N(c6ccc(C(C)C)cc6)c6cccc7c6oc6c(C(C)C)cccc67)ccc6ccc3c4c65)cccc21. The van der Waals surface area contributed by atoms with Crippen LogP contribution >= 0.6 is 0 Å². The van der Waals surface area contributed by atoms with E-state index in [4.69, 9.17) is 8.83 Å². The molecule has 5 nitrogen and oxygen atoms in total. The molecule has 1 aliphatic carbocycles. The number of nitriles is 1. The van der Waals surface area contributed by atoms with Gasteiger partial charge in [-0.25, -0.2) is 0 Å². The van der Waals surface area contributed by atoms with Crippen molar-refractivity contribution in [3.8, 4) is 6.07 Å². The van der Waals surface area contributed by atoms with Crippen LogP contribution in [0.5, 0.6) is 0 Å². The molecule has 9 aromatic carbocycles. The summed E-state index contributed by atoms with van der Waals surface area (Å²) in [6.45, 7) is 15.4. The summed E-state index contributed by atoms with van der Waals surface area (Å²) in [5, 5.41) is 20.6. The van der Waals surface area contributed by atoms with Gasteiger partial charge < -0.3 is 18.6 Å². The molecule has 1 aliphatic rings. The van der Waals surface area contributed by atoms with E-state index in [0.717, 1.165) is 108 Å². The number of hydrogen-bond donors (Lipinski definition) is 0. The fourth-order valence-electron chi connectivity index (χ4n) is 11.3. The highest BCUT2D eigenvalue weighted by Crippen LogP contribution is 2.51. The highest BCUT2D eigenvalue weighted by molar-refractivity contribution is 6.28. The molecule has 2 aromatic heterocycles. The Labute approximate surface area is 410 Å². The molecule has 0 bridgehead atoms. The van der Waals surface area contributed by atoms with E-state index in [9.17, 15) is 5.26 Å². The number of furan rings is 2. The minimum atomic E-state index is -0.275. The molecular weight excluding hydrogens is 855 g/mol. The third kappa shape index (κ3) is 6.87. The number of para-hydroxylation sites is 3. The van der Waals surface area contributed by atoms with Crippen molar-refractivity contribution in [2.45, 2.75) is 85.5 Å². The van der Waals surface area contributed by atoms with Crippen molar-refractivity contribution in [2.75, 3.05) is 9.80 Å². The molecule has 0 N–H and O–H groups in total. The van der Waals surface area contributed by atoms with Crippen LogP contribution in [0.1, 0.15) is 107 Å². The lowest BCUT2D eigenvalue weighted by Crippen LogP contribution is -2.12. The number of anilines is 6. The first-order valence-electron chi connectivity index (χ1n) is 25.2. The minimum absolute atomic E-state index is 0.275. The molecule has 0 aliphatic heterocycles. The minimum Gasteiger partial charge on any atom is -0.454 e. The van der Waals surface area contributed by atoms with E-state index in [-0.39, 0.29) is 5.92 Å². The Bertz CT molecular complexity index is 3880. The Kier molecular flexibility index (Phi) is 10.6. The van der Waals surface area contributed by atoms with Crippen LogP contribution in [0.15, 0.2) is 167 Å². The molecule has 5 heteroatoms. The van der Waals surface area contributed by atoms with Crippen molar-refractivity contribution in [1.82, 2.24) is 0 Å². The summed E-state index contributed by atoms with van der Waals surface area (Å²) in [5.74, 6) is 1.70. The van der Waals surface area contributed by atoms with Gasteiger partial charge in [0.1, 0.15) is 11.3 Å². The summed E-state index contributed by atoms with van der Waals surface area (Å²) in [7, 11) is 0. The Hall–Kier alpha value is -7.81. The summed E-state index contributed by atoms with van der Waals surface area (Å²) < 4.78 is 14.1. The molecule has 0 saturated heterocycles. The third-order valence-corrected chi connectivity index (χ3v) is 15.1. The Morgan fingerprint density at radius 2 is 0.971 bits per heavy atom. The van der Waals surface area contributed by atoms with Crippen LogP contribution in [0.4, 0.5) is 34.1 Å². The fraction of sp³-hybridized carbons (Fsp3) is 0.215. The van der Waals surface area contributed by atoms with E-state index in [0.29, 0.717) is 17.8 Å². The van der Waals surface area contributed by atoms with Gasteiger partial charge in [0.25, 0.3) is 0 Å². The molecule has 70 heavy (non-hydrogen) atoms. The van der Waals surface area contributed by atoms with Gasteiger partial charge in [0.2, 0.25) is 0 Å². The van der Waals surface area contributed by atoms with Gasteiger partial charge in [0.15, 0.2) is 11.2 Å². The van der Waals surface area contributed by atoms with E-state index < -0.39 is 0 Å². The zero-order valence-corrected chi connectivity index (χ0v) is 41.1. The average Bonchev–Trinajstić information content (AvgIpc) is 3.88. The van der Waals surface area contributed by atoms with Crippen molar-refractivity contribution >= 4 is 105 Å². The quantitative estimate of drug-likeness (QED) is 0.128. The Morgan fingerprint density at radius 1 is 0.471 bits per heavy atom. The highest BCUT2D eigenvalue weighted by Gasteiger charge is 2.29. The molecule has 0 amide bonds. The summed E-state index contributed by atoms with van der Waals surface area (Å²) in [4.78, 5) is 4.81. The number of nitrogens with zero attached hydrogens (tertiary/aromatic N) is 3. The van der Waals surface area contributed by atoms with Crippen LogP contribution in [-0.2, 0) is 6.42 Å². The maximum Gasteiger partial charge on any atom is 0.159 e. The second-order valence-electron chi connectivity index (χ2n) is 20.4. The number of allylic oxidation sites excluding steroid dienone is 2. The molecule has 0 radical (unpaired) electrons. The topological polar surface area (TPSA) is 56.6 Å². The third-order valence-electron chi connectivity index (χ3n) is 15.1. The second kappa shape index (κ2) is 17.0. The fourth-order valence-corrected chi connectivity index (χ4v) is 11.3. The maximum atomic E-state index is 10.1. The smallest absolute Gasteiger partial charge is 0.159 e. The molecular formula is C65H57N3O2. The summed E-state index contributed by atoms with van der Waals surface area (Å²) in [6.07, 6.45) is 5.07. The van der Waals surface area contributed by atoms with Crippen LogP contribution in [0.25, 0.3) is 70.8 Å². The van der Waals surface area contributed by atoms with Crippen LogP contribution in [0.2, 0.25) is 0 Å². The van der Waals surface area contributed by atoms with Crippen LogP contribution in [0.3, 0.4) is 0 Å². The summed E-state index contributed by atoms with van der Waals surface area (Å²) in [5.41, 5.74) is 14.9. The number of rotatable bonds is 10. The van der Waals surface area contributed by atoms with Gasteiger partial charge in [-0.05, 0) is 131 Å². The maximum absolute atomic E-state index is 10.1. The zero-order valence-electron chi connectivity index (χ0n) is 41.1. The van der Waals surface area contributed by atoms with Crippen molar-refractivity contribution < 1.29 is 8.83 Å². The van der Waals surface area contributed by atoms with Gasteiger partial charge in [-0.3, -0.25) is 0 Å². The van der Waals surface area contributed by atoms with Gasteiger partial charge in [-0.1, -0.05) is 151 Å². The molecule has 344 valence electrons. The summed E-state index contributed by atoms with van der Waals surface area (Å²) in [6, 6.07) is 58.7. The average molecular weight is 912 g/mol. The van der Waals surface area contributed by atoms with Crippen LogP contribution in [0, 0.1) is 17.2 Å². The first-order chi connectivity index (χ1) is 34.1. The molecule has 12 rings (SSSR count). The van der Waals surface area contributed by atoms with Gasteiger partial charge >= 0.3 is 0 Å². The van der Waals surface area contributed by atoms with Crippen molar-refractivity contribution in [1.29, 1.82) is 5.26 Å². The monoisotopic (exact) mass is 911 g/mol. The van der Waals surface area contributed by atoms with Crippen LogP contribution in [-0.4, -0.2) is 0 Å². The lowest BCUT2D eigenvalue weighted by atomic mass is 9.91. The van der Waals surface area contributed by atoms with Gasteiger partial charge in [-0.15, -0.1) is 0 Å². The van der Waals surface area contributed by atoms with E-state index in [2.05, 4.69) is 215 Å². The molecule has 0 fully saturated rings. The van der Waals surface area contributed by atoms with Gasteiger partial charge in [0.05, 0.1) is 34.7 Å². The summed E-state index contributed by atoms with van der Waals surface area (Å²) >= 11 is 0. The molecule has 0 spiro atoms. The van der Waals surface area contributed by atoms with Crippen molar-refractivity contribution in [2.24, 2.45) is 5.92 Å². The Balaban J connectivity index is 1.11. The van der Waals surface area contributed by atoms with Gasteiger partial charge in [-0.2, -0.15) is 5.26 Å². The highest BCUT2D eigenvalue weighted by atomic mass is 16.3. The molecule has 0 saturated carbocycles. The normalized spacial score (nSPS) is 13.6. The predicted molar refractivity (Wildman–Crippen MR) is 295 cm³/mol. The molecule has 2 heterocycles. The first kappa shape index (κ1) is 43.5. The number of fused-ring (bicyclic) bond motifs is 6. The van der Waals surface area contributed by atoms with E-state index in [1.165, 1.54) is 43.8 Å².